The number of carboxylic acids is 1. The Hall–Kier alpha value is -4.07. The lowest BCUT2D eigenvalue weighted by Crippen LogP contribution is -2.43. The third kappa shape index (κ3) is 8.35. The number of anilines is 2. The zero-order chi connectivity index (χ0) is 32.1. The minimum Gasteiger partial charge on any atom is -0.497 e. The van der Waals surface area contributed by atoms with E-state index in [2.05, 4.69) is 37.6 Å². The molecule has 0 spiro atoms. The fourth-order valence-corrected chi connectivity index (χ4v) is 6.41. The van der Waals surface area contributed by atoms with Crippen LogP contribution in [-0.4, -0.2) is 55.3 Å². The second-order valence-electron chi connectivity index (χ2n) is 13.9. The Labute approximate surface area is 267 Å². The topological polar surface area (TPSA) is 92.2 Å². The summed E-state index contributed by atoms with van der Waals surface area (Å²) in [5, 5.41) is 9.43. The second-order valence-corrected chi connectivity index (χ2v) is 13.9. The minimum absolute atomic E-state index is 0.0463. The molecule has 5 rings (SSSR count). The Morgan fingerprint density at radius 2 is 1.84 bits per heavy atom. The number of pyridine rings is 1. The van der Waals surface area contributed by atoms with Crippen molar-refractivity contribution in [2.45, 2.75) is 59.3 Å². The van der Waals surface area contributed by atoms with Crippen molar-refractivity contribution in [2.24, 2.45) is 23.2 Å². The molecule has 1 aliphatic heterocycles. The van der Waals surface area contributed by atoms with E-state index in [1.807, 2.05) is 60.7 Å². The number of aromatic nitrogens is 1. The molecule has 2 aliphatic rings. The van der Waals surface area contributed by atoms with Crippen molar-refractivity contribution in [3.8, 4) is 11.5 Å². The summed E-state index contributed by atoms with van der Waals surface area (Å²) in [6, 6.07) is 19.4. The normalized spacial score (nSPS) is 19.1. The number of benzene rings is 2. The molecule has 1 aliphatic carbocycles. The van der Waals surface area contributed by atoms with Gasteiger partial charge in [0.25, 0.3) is 5.91 Å². The molecule has 0 bridgehead atoms. The highest BCUT2D eigenvalue weighted by molar-refractivity contribution is 6.09. The number of ether oxygens (including phenoxy) is 2. The first-order chi connectivity index (χ1) is 21.5. The third-order valence-corrected chi connectivity index (χ3v) is 9.00. The molecular weight excluding hydrogens is 566 g/mol. The molecule has 8 nitrogen and oxygen atoms in total. The van der Waals surface area contributed by atoms with Crippen LogP contribution in [-0.2, 0) is 4.79 Å². The van der Waals surface area contributed by atoms with Crippen molar-refractivity contribution >= 4 is 23.4 Å². The van der Waals surface area contributed by atoms with Crippen LogP contribution < -0.4 is 19.3 Å². The largest absolute Gasteiger partial charge is 0.497 e. The molecule has 1 amide bonds. The van der Waals surface area contributed by atoms with Gasteiger partial charge in [0.1, 0.15) is 17.3 Å². The Balaban J connectivity index is 1.30. The van der Waals surface area contributed by atoms with Gasteiger partial charge in [-0.2, -0.15) is 0 Å². The molecule has 0 unspecified atom stereocenters. The van der Waals surface area contributed by atoms with E-state index in [1.54, 1.807) is 18.2 Å². The van der Waals surface area contributed by atoms with Crippen LogP contribution in [0.2, 0.25) is 0 Å². The summed E-state index contributed by atoms with van der Waals surface area (Å²) in [4.78, 5) is 34.3. The summed E-state index contributed by atoms with van der Waals surface area (Å²) >= 11 is 0. The maximum absolute atomic E-state index is 14.2. The summed E-state index contributed by atoms with van der Waals surface area (Å²) < 4.78 is 11.9. The van der Waals surface area contributed by atoms with Gasteiger partial charge in [0, 0.05) is 31.9 Å². The molecule has 1 aromatic heterocycles. The van der Waals surface area contributed by atoms with E-state index in [0.717, 1.165) is 49.4 Å². The van der Waals surface area contributed by atoms with Gasteiger partial charge in [-0.3, -0.25) is 14.5 Å². The molecule has 1 saturated heterocycles. The van der Waals surface area contributed by atoms with Gasteiger partial charge in [0.2, 0.25) is 0 Å². The fraction of sp³-hybridized carbons (Fsp3) is 0.486. The fourth-order valence-electron chi connectivity index (χ4n) is 6.41. The van der Waals surface area contributed by atoms with Gasteiger partial charge >= 0.3 is 5.97 Å². The second kappa shape index (κ2) is 13.9. The van der Waals surface area contributed by atoms with E-state index in [0.29, 0.717) is 48.0 Å². The first kappa shape index (κ1) is 32.3. The van der Waals surface area contributed by atoms with Crippen molar-refractivity contribution in [2.75, 3.05) is 43.2 Å². The van der Waals surface area contributed by atoms with E-state index in [1.165, 1.54) is 0 Å². The van der Waals surface area contributed by atoms with Gasteiger partial charge in [-0.05, 0) is 90.3 Å². The number of piperidine rings is 1. The molecule has 240 valence electrons. The van der Waals surface area contributed by atoms with Crippen molar-refractivity contribution in [3.63, 3.8) is 0 Å². The number of carbonyl (C=O) groups is 2. The smallest absolute Gasteiger partial charge is 0.303 e. The van der Waals surface area contributed by atoms with Crippen LogP contribution in [0.5, 0.6) is 11.5 Å². The number of rotatable bonds is 12. The molecule has 3 aromatic rings. The lowest BCUT2D eigenvalue weighted by atomic mass is 9.87. The van der Waals surface area contributed by atoms with Crippen molar-refractivity contribution in [1.82, 2.24) is 4.98 Å². The number of carbonyl (C=O) groups excluding carboxylic acids is 1. The number of hydrogen-bond donors (Lipinski definition) is 1. The molecule has 2 aromatic carbocycles. The van der Waals surface area contributed by atoms with Crippen LogP contribution in [0.15, 0.2) is 66.9 Å². The molecule has 0 radical (unpaired) electrons. The van der Waals surface area contributed by atoms with Crippen molar-refractivity contribution in [3.05, 3.63) is 78.0 Å². The zero-order valence-corrected chi connectivity index (χ0v) is 27.2. The van der Waals surface area contributed by atoms with E-state index >= 15 is 0 Å². The predicted octanol–water partition coefficient (Wildman–Crippen LogP) is 7.29. The highest BCUT2D eigenvalue weighted by atomic mass is 16.5. The lowest BCUT2D eigenvalue weighted by molar-refractivity contribution is -0.137. The van der Waals surface area contributed by atoms with E-state index < -0.39 is 5.97 Å². The monoisotopic (exact) mass is 613 g/mol. The number of methoxy groups -OCH3 is 1. The quantitative estimate of drug-likeness (QED) is 0.229. The van der Waals surface area contributed by atoms with Crippen molar-refractivity contribution < 1.29 is 24.2 Å². The van der Waals surface area contributed by atoms with Crippen LogP contribution in [0.3, 0.4) is 0 Å². The van der Waals surface area contributed by atoms with Gasteiger partial charge in [-0.25, -0.2) is 4.98 Å². The number of hydrogen-bond acceptors (Lipinski definition) is 6. The van der Waals surface area contributed by atoms with E-state index in [9.17, 15) is 14.7 Å². The Kier molecular flexibility index (Phi) is 10.0. The standard InChI is InChI=1S/C37H47N3O5/c1-25-22-39(18-16-28(25)23-45-30-10-8-9-27(19-30)32(21-35(41)42)26-12-13-26)33-20-29(44-5)14-15-31(33)36(43)40(24-37(2,3)4)34-11-6-7-17-38-34/h6-11,14-15,17,19-20,25-26,28,32H,12-13,16,18,21-24H2,1-5H3,(H,41,42)/t25-,28+,32-/m0/s1. The summed E-state index contributed by atoms with van der Waals surface area (Å²) in [6.07, 6.45) is 4.99. The molecule has 3 atom stereocenters. The van der Waals surface area contributed by atoms with Gasteiger partial charge in [0.05, 0.1) is 31.4 Å². The molecule has 2 fully saturated rings. The van der Waals surface area contributed by atoms with Crippen molar-refractivity contribution in [1.29, 1.82) is 0 Å². The summed E-state index contributed by atoms with van der Waals surface area (Å²) in [6.45, 7) is 11.3. The van der Waals surface area contributed by atoms with Crippen LogP contribution in [0, 0.1) is 23.2 Å². The van der Waals surface area contributed by atoms with Gasteiger partial charge in [-0.15, -0.1) is 0 Å². The number of amides is 1. The Morgan fingerprint density at radius 3 is 2.49 bits per heavy atom. The number of aliphatic carboxylic acids is 1. The average Bonchev–Trinajstić information content (AvgIpc) is 3.87. The van der Waals surface area contributed by atoms with E-state index in [-0.39, 0.29) is 23.7 Å². The SMILES string of the molecule is COc1ccc(C(=O)N(CC(C)(C)C)c2ccccn2)c(N2CC[C@H](COc3cccc([C@@H](CC(=O)O)C4CC4)c3)[C@@H](C)C2)c1. The molecule has 45 heavy (non-hydrogen) atoms. The number of nitrogens with zero attached hydrogens (tertiary/aromatic N) is 3. The maximum Gasteiger partial charge on any atom is 0.303 e. The summed E-state index contributed by atoms with van der Waals surface area (Å²) in [7, 11) is 1.65. The lowest BCUT2D eigenvalue weighted by Gasteiger charge is -2.39. The summed E-state index contributed by atoms with van der Waals surface area (Å²) in [5.74, 6) is 2.49. The maximum atomic E-state index is 14.2. The average molecular weight is 614 g/mol. The van der Waals surface area contributed by atoms with E-state index in [4.69, 9.17) is 9.47 Å². The van der Waals surface area contributed by atoms with Crippen LogP contribution >= 0.6 is 0 Å². The molecule has 1 saturated carbocycles. The Morgan fingerprint density at radius 1 is 1.04 bits per heavy atom. The first-order valence-corrected chi connectivity index (χ1v) is 16.1. The van der Waals surface area contributed by atoms with Gasteiger partial charge < -0.3 is 19.5 Å². The zero-order valence-electron chi connectivity index (χ0n) is 27.2. The number of carboxylic acid groups (broad SMARTS) is 1. The summed E-state index contributed by atoms with van der Waals surface area (Å²) in [5.41, 5.74) is 2.44. The highest BCUT2D eigenvalue weighted by Gasteiger charge is 2.34. The van der Waals surface area contributed by atoms with Gasteiger partial charge in [0.15, 0.2) is 0 Å². The molecular formula is C37H47N3O5. The van der Waals surface area contributed by atoms with Crippen LogP contribution in [0.25, 0.3) is 0 Å². The molecule has 1 N–H and O–H groups in total. The predicted molar refractivity (Wildman–Crippen MR) is 178 cm³/mol. The van der Waals surface area contributed by atoms with Crippen LogP contribution in [0.1, 0.15) is 75.2 Å². The van der Waals surface area contributed by atoms with Gasteiger partial charge in [-0.1, -0.05) is 45.9 Å². The first-order valence-electron chi connectivity index (χ1n) is 16.1. The minimum atomic E-state index is -0.752. The third-order valence-electron chi connectivity index (χ3n) is 9.00. The molecule has 8 heteroatoms. The molecule has 2 heterocycles. The highest BCUT2D eigenvalue weighted by Crippen LogP contribution is 2.45. The Bertz CT molecular complexity index is 1470. The van der Waals surface area contributed by atoms with Crippen LogP contribution in [0.4, 0.5) is 11.5 Å².